The van der Waals surface area contributed by atoms with Crippen molar-refractivity contribution in [1.82, 2.24) is 4.57 Å². The smallest absolute Gasteiger partial charge is 0.338 e. The number of nitrogens with zero attached hydrogens (tertiary/aromatic N) is 2. The zero-order chi connectivity index (χ0) is 19.8. The molecule has 3 aromatic rings. The van der Waals surface area contributed by atoms with Gasteiger partial charge in [-0.25, -0.2) is 9.79 Å². The summed E-state index contributed by atoms with van der Waals surface area (Å²) in [5.41, 5.74) is 1.62. The van der Waals surface area contributed by atoms with Gasteiger partial charge in [0, 0.05) is 9.90 Å². The first kappa shape index (κ1) is 18.9. The maximum atomic E-state index is 13.2. The lowest BCUT2D eigenvalue weighted by Crippen LogP contribution is -2.39. The highest BCUT2D eigenvalue weighted by molar-refractivity contribution is 7.10. The molecule has 0 aliphatic carbocycles. The van der Waals surface area contributed by atoms with E-state index in [2.05, 4.69) is 4.99 Å². The van der Waals surface area contributed by atoms with Gasteiger partial charge in [-0.2, -0.15) is 0 Å². The molecule has 2 aromatic heterocycles. The summed E-state index contributed by atoms with van der Waals surface area (Å²) < 4.78 is 7.10. The van der Waals surface area contributed by atoms with Gasteiger partial charge >= 0.3 is 5.97 Å². The normalized spacial score (nSPS) is 16.7. The van der Waals surface area contributed by atoms with Gasteiger partial charge in [0.25, 0.3) is 5.56 Å². The molecule has 0 fully saturated rings. The fourth-order valence-electron chi connectivity index (χ4n) is 3.12. The van der Waals surface area contributed by atoms with Crippen LogP contribution in [-0.2, 0) is 9.53 Å². The first-order valence-corrected chi connectivity index (χ1v) is 10.5. The van der Waals surface area contributed by atoms with Gasteiger partial charge in [-0.1, -0.05) is 41.1 Å². The molecule has 0 radical (unpaired) electrons. The summed E-state index contributed by atoms with van der Waals surface area (Å²) in [4.78, 5) is 31.7. The molecule has 142 valence electrons. The summed E-state index contributed by atoms with van der Waals surface area (Å²) in [6, 6.07) is 10.5. The van der Waals surface area contributed by atoms with Gasteiger partial charge in [0.2, 0.25) is 0 Å². The van der Waals surface area contributed by atoms with Gasteiger partial charge < -0.3 is 4.74 Å². The number of esters is 1. The van der Waals surface area contributed by atoms with Gasteiger partial charge in [0.1, 0.15) is 6.04 Å². The Morgan fingerprint density at radius 1 is 1.29 bits per heavy atom. The van der Waals surface area contributed by atoms with E-state index in [0.717, 1.165) is 10.4 Å². The van der Waals surface area contributed by atoms with Crippen LogP contribution in [0, 0.1) is 0 Å². The lowest BCUT2D eigenvalue weighted by molar-refractivity contribution is -0.136. The topological polar surface area (TPSA) is 60.7 Å². The number of carbonyl (C=O) groups is 1. The number of aromatic nitrogens is 1. The Labute approximate surface area is 173 Å². The van der Waals surface area contributed by atoms with Crippen LogP contribution in [0.3, 0.4) is 0 Å². The molecule has 3 heterocycles. The molecular weight excluding hydrogens is 416 g/mol. The van der Waals surface area contributed by atoms with Gasteiger partial charge in [-0.05, 0) is 42.1 Å². The first-order chi connectivity index (χ1) is 13.5. The van der Waals surface area contributed by atoms with Crippen LogP contribution in [0.2, 0.25) is 5.02 Å². The fraction of sp³-hybridized carbons (Fsp3) is 0.150. The molecule has 1 atom stereocenters. The number of fused-ring (bicyclic) bond motifs is 1. The monoisotopic (exact) mass is 430 g/mol. The van der Waals surface area contributed by atoms with E-state index in [9.17, 15) is 9.59 Å². The van der Waals surface area contributed by atoms with E-state index in [0.29, 0.717) is 25.6 Å². The molecule has 0 saturated carbocycles. The fourth-order valence-corrected chi connectivity index (χ4v) is 5.12. The molecule has 0 N–H and O–H groups in total. The highest BCUT2D eigenvalue weighted by atomic mass is 35.5. The average molecular weight is 431 g/mol. The van der Waals surface area contributed by atoms with E-state index < -0.39 is 12.0 Å². The SMILES string of the molecule is COC(=O)C1=C(C)N=c2sc(=Cc3ccc(Cl)cc3)c(=O)n2[C@@H]1c1cccs1. The second kappa shape index (κ2) is 7.50. The number of thiazole rings is 1. The largest absolute Gasteiger partial charge is 0.466 e. The minimum absolute atomic E-state index is 0.189. The van der Waals surface area contributed by atoms with E-state index in [1.807, 2.05) is 35.7 Å². The van der Waals surface area contributed by atoms with Crippen molar-refractivity contribution in [1.29, 1.82) is 0 Å². The summed E-state index contributed by atoms with van der Waals surface area (Å²) in [5, 5.41) is 2.55. The number of thiophene rings is 1. The molecule has 1 aliphatic rings. The number of halogens is 1. The van der Waals surface area contributed by atoms with Crippen LogP contribution in [0.5, 0.6) is 0 Å². The minimum Gasteiger partial charge on any atom is -0.466 e. The summed E-state index contributed by atoms with van der Waals surface area (Å²) in [6.45, 7) is 1.77. The maximum Gasteiger partial charge on any atom is 0.338 e. The number of carbonyl (C=O) groups excluding carboxylic acids is 1. The standard InChI is InChI=1S/C20H15ClN2O3S2/c1-11-16(19(25)26-2)17(14-4-3-9-27-14)23-18(24)15(28-20(23)22-11)10-12-5-7-13(21)8-6-12/h3-10,17H,1-2H3/t17-/m1/s1. The Kier molecular flexibility index (Phi) is 5.05. The van der Waals surface area contributed by atoms with Gasteiger partial charge in [-0.3, -0.25) is 9.36 Å². The van der Waals surface area contributed by atoms with Crippen LogP contribution in [0.15, 0.2) is 62.8 Å². The maximum absolute atomic E-state index is 13.2. The number of benzene rings is 1. The predicted molar refractivity (Wildman–Crippen MR) is 112 cm³/mol. The van der Waals surface area contributed by atoms with Gasteiger partial charge in [0.15, 0.2) is 4.80 Å². The van der Waals surface area contributed by atoms with E-state index in [1.54, 1.807) is 23.6 Å². The first-order valence-electron chi connectivity index (χ1n) is 8.39. The van der Waals surface area contributed by atoms with Crippen LogP contribution < -0.4 is 14.9 Å². The number of allylic oxidation sites excluding steroid dienone is 1. The molecule has 0 spiro atoms. The van der Waals surface area contributed by atoms with Crippen molar-refractivity contribution < 1.29 is 9.53 Å². The molecule has 1 aliphatic heterocycles. The number of rotatable bonds is 3. The molecule has 8 heteroatoms. The Morgan fingerprint density at radius 3 is 2.68 bits per heavy atom. The molecule has 1 aromatic carbocycles. The Bertz CT molecular complexity index is 1250. The lowest BCUT2D eigenvalue weighted by Gasteiger charge is -2.22. The van der Waals surface area contributed by atoms with E-state index >= 15 is 0 Å². The minimum atomic E-state index is -0.545. The number of ether oxygens (including phenoxy) is 1. The highest BCUT2D eigenvalue weighted by Gasteiger charge is 2.33. The third kappa shape index (κ3) is 3.26. The second-order valence-electron chi connectivity index (χ2n) is 6.14. The molecule has 0 unspecified atom stereocenters. The van der Waals surface area contributed by atoms with Crippen molar-refractivity contribution in [3.8, 4) is 0 Å². The number of methoxy groups -OCH3 is 1. The molecule has 28 heavy (non-hydrogen) atoms. The molecule has 0 bridgehead atoms. The highest BCUT2D eigenvalue weighted by Crippen LogP contribution is 2.32. The second-order valence-corrected chi connectivity index (χ2v) is 8.57. The van der Waals surface area contributed by atoms with Crippen molar-refractivity contribution in [3.63, 3.8) is 0 Å². The average Bonchev–Trinajstić information content (AvgIpc) is 3.31. The van der Waals surface area contributed by atoms with Crippen LogP contribution in [-0.4, -0.2) is 17.6 Å². The Morgan fingerprint density at radius 2 is 2.04 bits per heavy atom. The predicted octanol–water partition coefficient (Wildman–Crippen LogP) is 3.12. The summed E-state index contributed by atoms with van der Waals surface area (Å²) in [7, 11) is 1.33. The van der Waals surface area contributed by atoms with E-state index in [-0.39, 0.29) is 5.56 Å². The van der Waals surface area contributed by atoms with Gasteiger partial charge in [0.05, 0.1) is 22.9 Å². The third-order valence-electron chi connectivity index (χ3n) is 4.41. The van der Waals surface area contributed by atoms with Gasteiger partial charge in [-0.15, -0.1) is 11.3 Å². The Hall–Kier alpha value is -2.48. The zero-order valence-electron chi connectivity index (χ0n) is 15.0. The van der Waals surface area contributed by atoms with E-state index in [1.165, 1.54) is 29.8 Å². The van der Waals surface area contributed by atoms with Crippen molar-refractivity contribution in [2.75, 3.05) is 7.11 Å². The number of hydrogen-bond acceptors (Lipinski definition) is 6. The third-order valence-corrected chi connectivity index (χ3v) is 6.57. The quantitative estimate of drug-likeness (QED) is 0.600. The van der Waals surface area contributed by atoms with Crippen LogP contribution in [0.4, 0.5) is 0 Å². The molecule has 0 saturated heterocycles. The van der Waals surface area contributed by atoms with E-state index in [4.69, 9.17) is 16.3 Å². The summed E-state index contributed by atoms with van der Waals surface area (Å²) in [5.74, 6) is -0.480. The van der Waals surface area contributed by atoms with Crippen LogP contribution in [0.1, 0.15) is 23.4 Å². The van der Waals surface area contributed by atoms with Crippen molar-refractivity contribution in [2.24, 2.45) is 4.99 Å². The lowest BCUT2D eigenvalue weighted by atomic mass is 10.0. The zero-order valence-corrected chi connectivity index (χ0v) is 17.4. The molecular formula is C20H15ClN2O3S2. The van der Waals surface area contributed by atoms with Crippen molar-refractivity contribution in [3.05, 3.63) is 88.2 Å². The van der Waals surface area contributed by atoms with Crippen LogP contribution in [0.25, 0.3) is 6.08 Å². The molecule has 0 amide bonds. The number of hydrogen-bond donors (Lipinski definition) is 0. The summed E-state index contributed by atoms with van der Waals surface area (Å²) >= 11 is 8.73. The Balaban J connectivity index is 1.96. The molecule has 4 rings (SSSR count). The van der Waals surface area contributed by atoms with Crippen molar-refractivity contribution in [2.45, 2.75) is 13.0 Å². The van der Waals surface area contributed by atoms with Crippen LogP contribution >= 0.6 is 34.3 Å². The summed E-state index contributed by atoms with van der Waals surface area (Å²) in [6.07, 6.45) is 1.81. The molecule has 5 nitrogen and oxygen atoms in total. The van der Waals surface area contributed by atoms with Crippen molar-refractivity contribution >= 4 is 46.3 Å².